The Morgan fingerprint density at radius 3 is 1.45 bits per heavy atom. The minimum absolute atomic E-state index is 0.00653. The average molecular weight is 927 g/mol. The van der Waals surface area contributed by atoms with Crippen LogP contribution in [-0.4, -0.2) is 84.0 Å². The number of benzene rings is 4. The number of nitrogens with one attached hydrogen (secondary N) is 1. The fourth-order valence-corrected chi connectivity index (χ4v) is 6.60. The van der Waals surface area contributed by atoms with E-state index >= 15 is 0 Å². The van der Waals surface area contributed by atoms with Crippen molar-refractivity contribution in [3.05, 3.63) is 129 Å². The minimum atomic E-state index is -0.821. The quantitative estimate of drug-likeness (QED) is 0.120. The molecule has 4 aromatic carbocycles. The fourth-order valence-electron chi connectivity index (χ4n) is 6.35. The highest BCUT2D eigenvalue weighted by Crippen LogP contribution is 2.28. The van der Waals surface area contributed by atoms with E-state index in [0.29, 0.717) is 59.6 Å². The van der Waals surface area contributed by atoms with Crippen LogP contribution < -0.4 is 15.3 Å². The van der Waals surface area contributed by atoms with Crippen LogP contribution in [0.25, 0.3) is 0 Å². The van der Waals surface area contributed by atoms with Crippen molar-refractivity contribution in [1.82, 2.24) is 15.3 Å². The Hall–Kier alpha value is -6.13. The molecule has 14 nitrogen and oxygen atoms in total. The predicted octanol–water partition coefficient (Wildman–Crippen LogP) is 9.51. The molecule has 0 bridgehead atoms. The molecule has 2 aliphatic heterocycles. The maximum absolute atomic E-state index is 14.4. The highest BCUT2D eigenvalue weighted by Gasteiger charge is 2.32. The lowest BCUT2D eigenvalue weighted by molar-refractivity contribution is -0.129. The number of carbonyl (C=O) groups excluding carboxylic acids is 5. The number of hydrogen-bond acceptors (Lipinski definition) is 11. The van der Waals surface area contributed by atoms with E-state index in [-0.39, 0.29) is 36.8 Å². The normalized spacial score (nSPS) is 13.8. The van der Waals surface area contributed by atoms with Crippen LogP contribution in [0.4, 0.5) is 29.7 Å². The molecular formula is C46H51Cl2F2N5O9. The molecule has 0 spiro atoms. The van der Waals surface area contributed by atoms with Gasteiger partial charge in [-0.3, -0.25) is 19.8 Å². The van der Waals surface area contributed by atoms with E-state index in [1.807, 2.05) is 0 Å². The third-order valence-corrected chi connectivity index (χ3v) is 9.74. The van der Waals surface area contributed by atoms with E-state index in [4.69, 9.17) is 42.1 Å². The number of nitrogens with zero attached hydrogens (tertiary/aromatic N) is 4. The van der Waals surface area contributed by atoms with Gasteiger partial charge >= 0.3 is 24.1 Å². The van der Waals surface area contributed by atoms with Gasteiger partial charge in [-0.15, -0.1) is 0 Å². The third-order valence-electron chi connectivity index (χ3n) is 9.24. The second-order valence-corrected chi connectivity index (χ2v) is 17.5. The van der Waals surface area contributed by atoms with Crippen LogP contribution in [0.2, 0.25) is 10.0 Å². The number of esters is 2. The van der Waals surface area contributed by atoms with E-state index in [0.717, 1.165) is 18.1 Å². The van der Waals surface area contributed by atoms with Crippen LogP contribution in [0.15, 0.2) is 84.9 Å². The Morgan fingerprint density at radius 2 is 1.02 bits per heavy atom. The Labute approximate surface area is 380 Å². The van der Waals surface area contributed by atoms with Crippen molar-refractivity contribution >= 4 is 64.6 Å². The number of halogens is 4. The van der Waals surface area contributed by atoms with Gasteiger partial charge < -0.3 is 24.3 Å². The monoisotopic (exact) mass is 925 g/mol. The SMILES string of the molecule is CC(C)(C)OC(=O)N1CCCN1c1ccc(F)c(C(=O)OCc2ccc(Cl)cc2)c1.CC(C)(C)OC(=O)NCC(=O)N1CCCN1c1ccc(F)c(C(=O)OCc2ccc(Cl)cc2)c1. The van der Waals surface area contributed by atoms with Crippen LogP contribution in [0.3, 0.4) is 0 Å². The van der Waals surface area contributed by atoms with Gasteiger partial charge in [0.05, 0.1) is 22.5 Å². The summed E-state index contributed by atoms with van der Waals surface area (Å²) < 4.78 is 49.8. The molecule has 2 fully saturated rings. The van der Waals surface area contributed by atoms with Gasteiger partial charge in [-0.2, -0.15) is 0 Å². The zero-order valence-corrected chi connectivity index (χ0v) is 37.9. The number of hydrazine groups is 2. The standard InChI is InChI=1S/C24H27ClFN3O5.C22H24ClFN2O4/c1-24(2,3)34-23(32)27-14-21(30)29-12-4-11-28(29)18-9-10-20(26)19(13-18)22(31)33-15-16-5-7-17(25)8-6-16;1-22(2,3)30-21(28)26-12-4-11-25(26)17-9-10-19(24)18(13-17)20(27)29-14-15-5-7-16(23)8-6-15/h5-10,13H,4,11-12,14-15H2,1-3H3,(H,27,32);5-10,13H,4,11-12,14H2,1-3H3. The van der Waals surface area contributed by atoms with Crippen LogP contribution in [0.1, 0.15) is 86.2 Å². The van der Waals surface area contributed by atoms with Crippen molar-refractivity contribution in [1.29, 1.82) is 0 Å². The number of amides is 3. The molecule has 0 saturated carbocycles. The first-order valence-corrected chi connectivity index (χ1v) is 21.2. The first kappa shape index (κ1) is 48.9. The first-order valence-electron chi connectivity index (χ1n) is 20.4. The molecule has 4 aromatic rings. The number of hydrogen-bond donors (Lipinski definition) is 1. The van der Waals surface area contributed by atoms with E-state index in [1.54, 1.807) is 100 Å². The fraction of sp³-hybridized carbons (Fsp3) is 0.370. The molecule has 0 aliphatic carbocycles. The van der Waals surface area contributed by atoms with Gasteiger partial charge in [0.2, 0.25) is 0 Å². The highest BCUT2D eigenvalue weighted by atomic mass is 35.5. The number of carbonyl (C=O) groups is 5. The van der Waals surface area contributed by atoms with E-state index < -0.39 is 47.0 Å². The molecule has 0 unspecified atom stereocenters. The lowest BCUT2D eigenvalue weighted by Gasteiger charge is -2.32. The van der Waals surface area contributed by atoms with Crippen molar-refractivity contribution in [2.45, 2.75) is 78.8 Å². The smallest absolute Gasteiger partial charge is 0.429 e. The van der Waals surface area contributed by atoms with Crippen molar-refractivity contribution in [3.63, 3.8) is 0 Å². The summed E-state index contributed by atoms with van der Waals surface area (Å²) in [7, 11) is 0. The highest BCUT2D eigenvalue weighted by molar-refractivity contribution is 6.30. The summed E-state index contributed by atoms with van der Waals surface area (Å²) in [4.78, 5) is 62.1. The summed E-state index contributed by atoms with van der Waals surface area (Å²) >= 11 is 11.7. The van der Waals surface area contributed by atoms with Gasteiger partial charge in [0, 0.05) is 36.2 Å². The number of anilines is 2. The predicted molar refractivity (Wildman–Crippen MR) is 237 cm³/mol. The Kier molecular flexibility index (Phi) is 16.4. The third kappa shape index (κ3) is 14.2. The average Bonchev–Trinajstić information content (AvgIpc) is 3.93. The molecule has 0 atom stereocenters. The summed E-state index contributed by atoms with van der Waals surface area (Å²) in [5.41, 5.74) is 0.670. The molecule has 0 radical (unpaired) electrons. The van der Waals surface area contributed by atoms with Gasteiger partial charge in [0.25, 0.3) is 5.91 Å². The van der Waals surface area contributed by atoms with Gasteiger partial charge in [-0.05, 0) is 126 Å². The Bertz CT molecular complexity index is 2300. The molecule has 0 aromatic heterocycles. The molecule has 64 heavy (non-hydrogen) atoms. The molecule has 1 N–H and O–H groups in total. The molecule has 3 amide bonds. The lowest BCUT2D eigenvalue weighted by atomic mass is 10.2. The molecule has 342 valence electrons. The van der Waals surface area contributed by atoms with Gasteiger partial charge in [0.1, 0.15) is 42.6 Å². The largest absolute Gasteiger partial charge is 0.457 e. The van der Waals surface area contributed by atoms with Crippen LogP contribution >= 0.6 is 23.2 Å². The maximum Gasteiger partial charge on any atom is 0.429 e. The molecule has 6 rings (SSSR count). The molecule has 2 heterocycles. The zero-order valence-electron chi connectivity index (χ0n) is 36.4. The summed E-state index contributed by atoms with van der Waals surface area (Å²) in [6.07, 6.45) is 0.217. The van der Waals surface area contributed by atoms with Gasteiger partial charge in [-0.25, -0.2) is 33.0 Å². The van der Waals surface area contributed by atoms with E-state index in [2.05, 4.69) is 5.32 Å². The second kappa shape index (κ2) is 21.5. The molecular weight excluding hydrogens is 875 g/mol. The maximum atomic E-state index is 14.4. The van der Waals surface area contributed by atoms with E-state index in [1.165, 1.54) is 40.3 Å². The zero-order chi connectivity index (χ0) is 46.8. The van der Waals surface area contributed by atoms with Crippen LogP contribution in [0.5, 0.6) is 0 Å². The first-order chi connectivity index (χ1) is 30.2. The van der Waals surface area contributed by atoms with Crippen LogP contribution in [-0.2, 0) is 37.0 Å². The topological polar surface area (TPSA) is 147 Å². The van der Waals surface area contributed by atoms with Crippen molar-refractivity contribution < 1.29 is 51.7 Å². The van der Waals surface area contributed by atoms with Crippen LogP contribution in [0, 0.1) is 11.6 Å². The van der Waals surface area contributed by atoms with Crippen molar-refractivity contribution in [2.24, 2.45) is 0 Å². The van der Waals surface area contributed by atoms with Gasteiger partial charge in [0.15, 0.2) is 0 Å². The molecule has 2 saturated heterocycles. The van der Waals surface area contributed by atoms with Crippen molar-refractivity contribution in [3.8, 4) is 0 Å². The summed E-state index contributed by atoms with van der Waals surface area (Å²) in [5.74, 6) is -3.39. The molecule has 18 heteroatoms. The number of alkyl carbamates (subject to hydrolysis) is 1. The minimum Gasteiger partial charge on any atom is -0.457 e. The lowest BCUT2D eigenvalue weighted by Crippen LogP contribution is -2.47. The van der Waals surface area contributed by atoms with Crippen molar-refractivity contribution in [2.75, 3.05) is 42.7 Å². The number of rotatable bonds is 10. The second-order valence-electron chi connectivity index (χ2n) is 16.7. The summed E-state index contributed by atoms with van der Waals surface area (Å²) in [5, 5.41) is 9.81. The summed E-state index contributed by atoms with van der Waals surface area (Å²) in [6, 6.07) is 21.7. The number of ether oxygens (including phenoxy) is 4. The van der Waals surface area contributed by atoms with Gasteiger partial charge in [-0.1, -0.05) is 47.5 Å². The Balaban J connectivity index is 0.000000243. The molecule has 2 aliphatic rings. The van der Waals surface area contributed by atoms with E-state index in [9.17, 15) is 32.8 Å². The summed E-state index contributed by atoms with van der Waals surface area (Å²) in [6.45, 7) is 12.2. The Morgan fingerprint density at radius 1 is 0.594 bits per heavy atom.